The van der Waals surface area contributed by atoms with E-state index in [9.17, 15) is 4.79 Å². The van der Waals surface area contributed by atoms with Gasteiger partial charge in [-0.2, -0.15) is 0 Å². The van der Waals surface area contributed by atoms with E-state index < -0.39 is 12.0 Å². The highest BCUT2D eigenvalue weighted by molar-refractivity contribution is 6.42. The molecule has 0 bridgehead atoms. The fourth-order valence-corrected chi connectivity index (χ4v) is 5.22. The van der Waals surface area contributed by atoms with E-state index in [4.69, 9.17) is 42.1 Å². The maximum atomic E-state index is 13.7. The molecule has 1 unspecified atom stereocenters. The lowest BCUT2D eigenvalue weighted by Gasteiger charge is -2.28. The molecule has 1 N–H and O–H groups in total. The molecule has 0 saturated carbocycles. The van der Waals surface area contributed by atoms with Gasteiger partial charge in [0.2, 0.25) is 0 Å². The van der Waals surface area contributed by atoms with Crippen LogP contribution in [0.3, 0.4) is 0 Å². The number of benzene rings is 2. The van der Waals surface area contributed by atoms with Gasteiger partial charge < -0.3 is 24.1 Å². The Hall–Kier alpha value is -3.36. The van der Waals surface area contributed by atoms with Crippen molar-refractivity contribution in [2.45, 2.75) is 25.3 Å². The molecule has 1 saturated heterocycles. The Morgan fingerprint density at radius 3 is 2.63 bits per heavy atom. The summed E-state index contributed by atoms with van der Waals surface area (Å²) < 4.78 is 17.5. The van der Waals surface area contributed by atoms with E-state index in [0.29, 0.717) is 45.1 Å². The van der Waals surface area contributed by atoms with Crippen molar-refractivity contribution in [1.82, 2.24) is 10.2 Å². The number of hydrogen-bond acceptors (Lipinski definition) is 7. The summed E-state index contributed by atoms with van der Waals surface area (Å²) in [6, 6.07) is 18.0. The summed E-state index contributed by atoms with van der Waals surface area (Å²) in [6.07, 6.45) is 9.02. The fraction of sp³-hybridized carbons (Fsp3) is 0.312. The number of furan rings is 1. The highest BCUT2D eigenvalue weighted by Gasteiger charge is 2.33. The molecule has 214 valence electrons. The van der Waals surface area contributed by atoms with E-state index in [2.05, 4.69) is 10.2 Å². The maximum absolute atomic E-state index is 13.7. The molecule has 9 heteroatoms. The molecule has 1 atom stereocenters. The summed E-state index contributed by atoms with van der Waals surface area (Å²) in [5, 5.41) is 4.07. The fourth-order valence-electron chi connectivity index (χ4n) is 4.91. The lowest BCUT2D eigenvalue weighted by molar-refractivity contribution is -0.138. The van der Waals surface area contributed by atoms with Gasteiger partial charge in [0.05, 0.1) is 40.8 Å². The number of carbonyl (C=O) groups excluding carboxylic acids is 1. The molecule has 0 aliphatic carbocycles. The van der Waals surface area contributed by atoms with Crippen LogP contribution in [0.25, 0.3) is 6.08 Å². The van der Waals surface area contributed by atoms with Crippen LogP contribution in [-0.2, 0) is 14.3 Å². The molecule has 1 aromatic heterocycles. The maximum Gasteiger partial charge on any atom is 0.338 e. The third kappa shape index (κ3) is 7.89. The SMILES string of the molecule is O=C(OC/C=C/c1ccccc1)C1=C(COCCN2CCCCC2)NC(c2ccco2)=NC1c1ccc(Cl)c(Cl)c1. The first-order chi connectivity index (χ1) is 20.1. The summed E-state index contributed by atoms with van der Waals surface area (Å²) in [5.74, 6) is 0.531. The number of ether oxygens (including phenoxy) is 2. The van der Waals surface area contributed by atoms with Crippen LogP contribution in [0.1, 0.15) is 42.2 Å². The molecular weight excluding hydrogens is 561 g/mol. The number of halogens is 2. The average Bonchev–Trinajstić information content (AvgIpc) is 3.55. The number of rotatable bonds is 11. The van der Waals surface area contributed by atoms with E-state index in [1.165, 1.54) is 19.3 Å². The van der Waals surface area contributed by atoms with Crippen LogP contribution in [0.4, 0.5) is 0 Å². The summed E-state index contributed by atoms with van der Waals surface area (Å²) in [5.41, 5.74) is 2.64. The van der Waals surface area contributed by atoms with Gasteiger partial charge in [-0.3, -0.25) is 4.99 Å². The van der Waals surface area contributed by atoms with Crippen LogP contribution in [0.5, 0.6) is 0 Å². The molecule has 2 aliphatic heterocycles. The Morgan fingerprint density at radius 1 is 1.05 bits per heavy atom. The molecule has 5 rings (SSSR count). The Bertz CT molecular complexity index is 1400. The predicted molar refractivity (Wildman–Crippen MR) is 162 cm³/mol. The van der Waals surface area contributed by atoms with E-state index >= 15 is 0 Å². The van der Waals surface area contributed by atoms with Crippen molar-refractivity contribution in [2.24, 2.45) is 4.99 Å². The van der Waals surface area contributed by atoms with E-state index in [-0.39, 0.29) is 13.2 Å². The molecule has 41 heavy (non-hydrogen) atoms. The standard InChI is InChI=1S/C32H33Cl2N3O4/c33-25-14-13-24(21-26(25)34)30-29(32(38)41-19-7-11-23-9-3-1-4-10-23)27(35-31(36-30)28-12-8-18-40-28)22-39-20-17-37-15-5-2-6-16-37/h1,3-4,7-14,18,21,30H,2,5-6,15-17,19-20,22H2,(H,35,36)/b11-7+. The number of carbonyl (C=O) groups is 1. The quantitative estimate of drug-likeness (QED) is 0.197. The van der Waals surface area contributed by atoms with E-state index in [0.717, 1.165) is 25.2 Å². The first-order valence-corrected chi connectivity index (χ1v) is 14.6. The van der Waals surface area contributed by atoms with Gasteiger partial charge in [0.1, 0.15) is 12.6 Å². The average molecular weight is 595 g/mol. The van der Waals surface area contributed by atoms with Gasteiger partial charge in [-0.25, -0.2) is 4.79 Å². The molecule has 1 fully saturated rings. The van der Waals surface area contributed by atoms with Crippen LogP contribution in [0, 0.1) is 0 Å². The number of hydrogen-bond donors (Lipinski definition) is 1. The number of aliphatic imine (C=N–C) groups is 1. The summed E-state index contributed by atoms with van der Waals surface area (Å²) in [6.45, 7) is 3.84. The predicted octanol–water partition coefficient (Wildman–Crippen LogP) is 6.69. The summed E-state index contributed by atoms with van der Waals surface area (Å²) in [7, 11) is 0. The van der Waals surface area contributed by atoms with Crippen LogP contribution in [-0.4, -0.2) is 56.2 Å². The van der Waals surface area contributed by atoms with Crippen molar-refractivity contribution in [2.75, 3.05) is 39.5 Å². The van der Waals surface area contributed by atoms with Gasteiger partial charge in [-0.1, -0.05) is 72.1 Å². The number of amidine groups is 1. The van der Waals surface area contributed by atoms with Crippen LogP contribution in [0.2, 0.25) is 10.0 Å². The summed E-state index contributed by atoms with van der Waals surface area (Å²) in [4.78, 5) is 20.9. The van der Waals surface area contributed by atoms with E-state index in [1.54, 1.807) is 24.5 Å². The Morgan fingerprint density at radius 2 is 1.88 bits per heavy atom. The number of nitrogens with one attached hydrogen (secondary N) is 1. The number of piperidine rings is 1. The second-order valence-electron chi connectivity index (χ2n) is 9.91. The third-order valence-electron chi connectivity index (χ3n) is 7.03. The van der Waals surface area contributed by atoms with Crippen molar-refractivity contribution in [3.05, 3.63) is 111 Å². The van der Waals surface area contributed by atoms with Crippen molar-refractivity contribution in [3.63, 3.8) is 0 Å². The Balaban J connectivity index is 1.40. The topological polar surface area (TPSA) is 76.3 Å². The molecule has 0 spiro atoms. The zero-order valence-electron chi connectivity index (χ0n) is 22.7. The van der Waals surface area contributed by atoms with Gasteiger partial charge in [0.15, 0.2) is 11.6 Å². The minimum atomic E-state index is -0.711. The second kappa shape index (κ2) is 14.5. The number of nitrogens with zero attached hydrogens (tertiary/aromatic N) is 2. The molecule has 2 aliphatic rings. The number of esters is 1. The van der Waals surface area contributed by atoms with Gasteiger partial charge in [-0.05, 0) is 67.4 Å². The Kier molecular flexibility index (Phi) is 10.3. The second-order valence-corrected chi connectivity index (χ2v) is 10.7. The van der Waals surface area contributed by atoms with Gasteiger partial charge in [0.25, 0.3) is 0 Å². The van der Waals surface area contributed by atoms with Crippen molar-refractivity contribution >= 4 is 41.1 Å². The zero-order valence-corrected chi connectivity index (χ0v) is 24.2. The molecule has 0 amide bonds. The minimum Gasteiger partial charge on any atom is -0.461 e. The van der Waals surface area contributed by atoms with Crippen LogP contribution >= 0.6 is 23.2 Å². The molecule has 3 heterocycles. The first kappa shape index (κ1) is 29.1. The summed E-state index contributed by atoms with van der Waals surface area (Å²) >= 11 is 12.6. The third-order valence-corrected chi connectivity index (χ3v) is 7.77. The van der Waals surface area contributed by atoms with Crippen molar-refractivity contribution < 1.29 is 18.7 Å². The minimum absolute atomic E-state index is 0.100. The first-order valence-electron chi connectivity index (χ1n) is 13.8. The molecule has 2 aromatic carbocycles. The lowest BCUT2D eigenvalue weighted by Crippen LogP contribution is -2.36. The molecule has 0 radical (unpaired) electrons. The molecule has 3 aromatic rings. The largest absolute Gasteiger partial charge is 0.461 e. The molecule has 7 nitrogen and oxygen atoms in total. The lowest BCUT2D eigenvalue weighted by atomic mass is 9.95. The van der Waals surface area contributed by atoms with E-state index in [1.807, 2.05) is 54.6 Å². The van der Waals surface area contributed by atoms with Gasteiger partial charge in [0, 0.05) is 6.54 Å². The monoisotopic (exact) mass is 593 g/mol. The normalized spacial score (nSPS) is 17.9. The highest BCUT2D eigenvalue weighted by Crippen LogP contribution is 2.35. The van der Waals surface area contributed by atoms with Crippen LogP contribution in [0.15, 0.2) is 93.7 Å². The number of likely N-dealkylation sites (tertiary alicyclic amines) is 1. The van der Waals surface area contributed by atoms with Crippen molar-refractivity contribution in [1.29, 1.82) is 0 Å². The highest BCUT2D eigenvalue weighted by atomic mass is 35.5. The van der Waals surface area contributed by atoms with Gasteiger partial charge in [-0.15, -0.1) is 0 Å². The smallest absolute Gasteiger partial charge is 0.338 e. The Labute approximate surface area is 250 Å². The molecular formula is C32H33Cl2N3O4. The van der Waals surface area contributed by atoms with Gasteiger partial charge >= 0.3 is 5.97 Å². The van der Waals surface area contributed by atoms with Crippen molar-refractivity contribution in [3.8, 4) is 0 Å². The zero-order chi connectivity index (χ0) is 28.4. The van der Waals surface area contributed by atoms with Crippen LogP contribution < -0.4 is 5.32 Å².